The molecule has 0 aromatic carbocycles. The van der Waals surface area contributed by atoms with Gasteiger partial charge in [0.25, 0.3) is 0 Å². The maximum atomic E-state index is 11.6. The molecule has 1 aliphatic carbocycles. The number of hydrogen-bond donors (Lipinski definition) is 2. The topological polar surface area (TPSA) is 75.0 Å². The number of amides is 1. The standard InChI is InChI=1S/C12H20N4O/c1-16(10-4-2-3-5-10)11(12(13)17)6-9-7-14-8-15-9/h7-8,10-11H,2-6H2,1H3,(H2,13,17)(H,14,15). The molecular weight excluding hydrogens is 216 g/mol. The first-order valence-electron chi connectivity index (χ1n) is 6.17. The normalized spacial score (nSPS) is 18.7. The molecule has 0 radical (unpaired) electrons. The van der Waals surface area contributed by atoms with E-state index >= 15 is 0 Å². The predicted octanol–water partition coefficient (Wildman–Crippen LogP) is 0.681. The van der Waals surface area contributed by atoms with E-state index in [1.54, 1.807) is 6.33 Å². The molecule has 1 amide bonds. The van der Waals surface area contributed by atoms with Crippen molar-refractivity contribution in [2.75, 3.05) is 7.05 Å². The lowest BCUT2D eigenvalue weighted by Gasteiger charge is -2.30. The number of H-pyrrole nitrogens is 1. The largest absolute Gasteiger partial charge is 0.368 e. The van der Waals surface area contributed by atoms with Crippen LogP contribution in [0.15, 0.2) is 12.5 Å². The quantitative estimate of drug-likeness (QED) is 0.789. The van der Waals surface area contributed by atoms with E-state index in [2.05, 4.69) is 14.9 Å². The van der Waals surface area contributed by atoms with Crippen molar-refractivity contribution in [1.82, 2.24) is 14.9 Å². The number of aromatic amines is 1. The van der Waals surface area contributed by atoms with Gasteiger partial charge >= 0.3 is 0 Å². The van der Waals surface area contributed by atoms with E-state index < -0.39 is 0 Å². The average Bonchev–Trinajstić information content (AvgIpc) is 2.97. The molecular formula is C12H20N4O. The summed E-state index contributed by atoms with van der Waals surface area (Å²) in [6, 6.07) is 0.243. The number of nitrogens with one attached hydrogen (secondary N) is 1. The fourth-order valence-corrected chi connectivity index (χ4v) is 2.61. The summed E-state index contributed by atoms with van der Waals surface area (Å²) >= 11 is 0. The van der Waals surface area contributed by atoms with Crippen LogP contribution in [0.3, 0.4) is 0 Å². The van der Waals surface area contributed by atoms with E-state index in [-0.39, 0.29) is 11.9 Å². The van der Waals surface area contributed by atoms with Crippen molar-refractivity contribution in [1.29, 1.82) is 0 Å². The summed E-state index contributed by atoms with van der Waals surface area (Å²) in [6.45, 7) is 0. The monoisotopic (exact) mass is 236 g/mol. The third-order valence-corrected chi connectivity index (χ3v) is 3.68. The molecule has 1 unspecified atom stereocenters. The maximum Gasteiger partial charge on any atom is 0.235 e. The van der Waals surface area contributed by atoms with E-state index in [9.17, 15) is 4.79 Å². The van der Waals surface area contributed by atoms with Gasteiger partial charge in [0.05, 0.1) is 18.1 Å². The molecule has 0 spiro atoms. The average molecular weight is 236 g/mol. The Balaban J connectivity index is 2.03. The summed E-state index contributed by atoms with van der Waals surface area (Å²) in [4.78, 5) is 20.8. The lowest BCUT2D eigenvalue weighted by molar-refractivity contribution is -0.123. The number of aromatic nitrogens is 2. The fraction of sp³-hybridized carbons (Fsp3) is 0.667. The highest BCUT2D eigenvalue weighted by molar-refractivity contribution is 5.80. The molecule has 0 aliphatic heterocycles. The van der Waals surface area contributed by atoms with Crippen molar-refractivity contribution in [2.24, 2.45) is 5.73 Å². The van der Waals surface area contributed by atoms with Crippen molar-refractivity contribution in [3.8, 4) is 0 Å². The minimum Gasteiger partial charge on any atom is -0.368 e. The Labute approximate surface area is 101 Å². The van der Waals surface area contributed by atoms with Gasteiger partial charge < -0.3 is 10.7 Å². The molecule has 0 saturated heterocycles. The van der Waals surface area contributed by atoms with Gasteiger partial charge in [0.1, 0.15) is 0 Å². The fourth-order valence-electron chi connectivity index (χ4n) is 2.61. The number of carbonyl (C=O) groups excluding carboxylic acids is 1. The predicted molar refractivity (Wildman–Crippen MR) is 65.3 cm³/mol. The summed E-state index contributed by atoms with van der Waals surface area (Å²) in [5.74, 6) is -0.262. The zero-order chi connectivity index (χ0) is 12.3. The smallest absolute Gasteiger partial charge is 0.235 e. The molecule has 1 aromatic heterocycles. The number of primary amides is 1. The second kappa shape index (κ2) is 5.31. The minimum absolute atomic E-state index is 0.249. The minimum atomic E-state index is -0.262. The summed E-state index contributed by atoms with van der Waals surface area (Å²) in [5.41, 5.74) is 6.39. The van der Waals surface area contributed by atoms with E-state index in [0.717, 1.165) is 5.69 Å². The second-order valence-corrected chi connectivity index (χ2v) is 4.79. The number of rotatable bonds is 5. The van der Waals surface area contributed by atoms with Gasteiger partial charge in [0.2, 0.25) is 5.91 Å². The number of likely N-dealkylation sites (N-methyl/N-ethyl adjacent to an activating group) is 1. The van der Waals surface area contributed by atoms with Crippen LogP contribution in [0, 0.1) is 0 Å². The highest BCUT2D eigenvalue weighted by Gasteiger charge is 2.29. The second-order valence-electron chi connectivity index (χ2n) is 4.79. The molecule has 1 aliphatic rings. The first-order valence-corrected chi connectivity index (χ1v) is 6.17. The Bertz CT molecular complexity index is 357. The maximum absolute atomic E-state index is 11.6. The van der Waals surface area contributed by atoms with E-state index in [1.165, 1.54) is 25.7 Å². The van der Waals surface area contributed by atoms with Crippen LogP contribution in [0.4, 0.5) is 0 Å². The number of nitrogens with zero attached hydrogens (tertiary/aromatic N) is 2. The molecule has 3 N–H and O–H groups in total. The van der Waals surface area contributed by atoms with Crippen LogP contribution in [0.25, 0.3) is 0 Å². The summed E-state index contributed by atoms with van der Waals surface area (Å²) < 4.78 is 0. The van der Waals surface area contributed by atoms with Gasteiger partial charge in [-0.1, -0.05) is 12.8 Å². The molecule has 94 valence electrons. The summed E-state index contributed by atoms with van der Waals surface area (Å²) in [5, 5.41) is 0. The molecule has 1 fully saturated rings. The highest BCUT2D eigenvalue weighted by Crippen LogP contribution is 2.24. The SMILES string of the molecule is CN(C1CCCC1)C(Cc1c[nH]cn1)C(N)=O. The van der Waals surface area contributed by atoms with Crippen LogP contribution < -0.4 is 5.73 Å². The zero-order valence-electron chi connectivity index (χ0n) is 10.2. The highest BCUT2D eigenvalue weighted by atomic mass is 16.1. The summed E-state index contributed by atoms with van der Waals surface area (Å²) in [6.07, 6.45) is 8.88. The lowest BCUT2D eigenvalue weighted by atomic mass is 10.1. The van der Waals surface area contributed by atoms with Crippen LogP contribution in [0.5, 0.6) is 0 Å². The Morgan fingerprint density at radius 3 is 2.88 bits per heavy atom. The van der Waals surface area contributed by atoms with Gasteiger partial charge in [-0.15, -0.1) is 0 Å². The van der Waals surface area contributed by atoms with Crippen LogP contribution >= 0.6 is 0 Å². The van der Waals surface area contributed by atoms with Crippen molar-refractivity contribution < 1.29 is 4.79 Å². The van der Waals surface area contributed by atoms with Crippen LogP contribution in [0.2, 0.25) is 0 Å². The third kappa shape index (κ3) is 2.85. The number of carbonyl (C=O) groups is 1. The number of hydrogen-bond acceptors (Lipinski definition) is 3. The van der Waals surface area contributed by atoms with Crippen LogP contribution in [-0.2, 0) is 11.2 Å². The molecule has 5 nitrogen and oxygen atoms in total. The van der Waals surface area contributed by atoms with Crippen LogP contribution in [0.1, 0.15) is 31.4 Å². The molecule has 0 bridgehead atoms. The van der Waals surface area contributed by atoms with Crippen molar-refractivity contribution >= 4 is 5.91 Å². The molecule has 1 aromatic rings. The Hall–Kier alpha value is -1.36. The molecule has 1 heterocycles. The Morgan fingerprint density at radius 1 is 1.65 bits per heavy atom. The van der Waals surface area contributed by atoms with Crippen molar-refractivity contribution in [3.63, 3.8) is 0 Å². The molecule has 5 heteroatoms. The van der Waals surface area contributed by atoms with Crippen molar-refractivity contribution in [2.45, 2.75) is 44.2 Å². The van der Waals surface area contributed by atoms with Gasteiger partial charge in [-0.25, -0.2) is 4.98 Å². The Kier molecular flexibility index (Phi) is 3.78. The molecule has 17 heavy (non-hydrogen) atoms. The first-order chi connectivity index (χ1) is 8.18. The van der Waals surface area contributed by atoms with Crippen molar-refractivity contribution in [3.05, 3.63) is 18.2 Å². The number of imidazole rings is 1. The van der Waals surface area contributed by atoms with Gasteiger partial charge in [-0.3, -0.25) is 9.69 Å². The van der Waals surface area contributed by atoms with Gasteiger partial charge in [-0.2, -0.15) is 0 Å². The van der Waals surface area contributed by atoms with E-state index in [4.69, 9.17) is 5.73 Å². The molecule has 1 saturated carbocycles. The molecule has 1 atom stereocenters. The van der Waals surface area contributed by atoms with Gasteiger partial charge in [0.15, 0.2) is 0 Å². The lowest BCUT2D eigenvalue weighted by Crippen LogP contribution is -2.48. The molecule has 2 rings (SSSR count). The van der Waals surface area contributed by atoms with E-state index in [1.807, 2.05) is 13.2 Å². The summed E-state index contributed by atoms with van der Waals surface area (Å²) in [7, 11) is 2.00. The Morgan fingerprint density at radius 2 is 2.35 bits per heavy atom. The zero-order valence-corrected chi connectivity index (χ0v) is 10.2. The first kappa shape index (κ1) is 12.1. The third-order valence-electron chi connectivity index (χ3n) is 3.68. The van der Waals surface area contributed by atoms with Gasteiger partial charge in [-0.05, 0) is 19.9 Å². The number of nitrogens with two attached hydrogens (primary N) is 1. The van der Waals surface area contributed by atoms with Gasteiger partial charge in [0, 0.05) is 18.7 Å². The van der Waals surface area contributed by atoms with E-state index in [0.29, 0.717) is 12.5 Å². The van der Waals surface area contributed by atoms with Crippen LogP contribution in [-0.4, -0.2) is 39.9 Å².